The molecule has 1 amide bonds. The molecule has 170 valence electrons. The molecule has 0 saturated heterocycles. The lowest BCUT2D eigenvalue weighted by molar-refractivity contribution is -0.274. The Morgan fingerprint density at radius 2 is 1.59 bits per heavy atom. The first-order valence-corrected chi connectivity index (χ1v) is 8.98. The van der Waals surface area contributed by atoms with Crippen LogP contribution < -0.4 is 10.1 Å². The van der Waals surface area contributed by atoms with Gasteiger partial charge in [-0.05, 0) is 48.4 Å². The van der Waals surface area contributed by atoms with Crippen molar-refractivity contribution >= 4 is 5.91 Å². The summed E-state index contributed by atoms with van der Waals surface area (Å²) in [6.07, 6.45) is -8.97. The molecule has 3 aromatic rings. The monoisotopic (exact) mass is 461 g/mol. The Labute approximate surface area is 176 Å². The molecule has 3 rings (SSSR count). The van der Waals surface area contributed by atoms with Gasteiger partial charge in [-0.2, -0.15) is 18.3 Å². The first-order chi connectivity index (χ1) is 14.9. The summed E-state index contributed by atoms with van der Waals surface area (Å²) in [5.41, 5.74) is -1.70. The minimum Gasteiger partial charge on any atom is -0.406 e. The second-order valence-electron chi connectivity index (χ2n) is 6.49. The third-order valence-electron chi connectivity index (χ3n) is 4.21. The normalized spacial score (nSPS) is 12.0. The van der Waals surface area contributed by atoms with E-state index in [2.05, 4.69) is 15.2 Å². The number of hydrogen-bond donors (Lipinski definition) is 1. The SMILES string of the molecule is O=C(NCCc1ccc(F)cc1)c1cnn(-c2ccc(OC(F)(F)F)cc2)c1C(F)(F)F. The Morgan fingerprint density at radius 1 is 0.969 bits per heavy atom. The number of amides is 1. The van der Waals surface area contributed by atoms with Crippen molar-refractivity contribution in [1.82, 2.24) is 15.1 Å². The molecule has 0 spiro atoms. The first-order valence-electron chi connectivity index (χ1n) is 8.98. The molecule has 0 atom stereocenters. The van der Waals surface area contributed by atoms with Crippen LogP contribution in [0.1, 0.15) is 21.6 Å². The van der Waals surface area contributed by atoms with E-state index >= 15 is 0 Å². The highest BCUT2D eigenvalue weighted by atomic mass is 19.4. The van der Waals surface area contributed by atoms with Gasteiger partial charge in [-0.15, -0.1) is 13.2 Å². The standard InChI is InChI=1S/C20H14F7N3O2/c21-13-3-1-12(2-4-13)9-10-28-18(31)16-11-29-30(17(16)19(22,23)24)14-5-7-15(8-6-14)32-20(25,26)27/h1-8,11H,9-10H2,(H,28,31). The van der Waals surface area contributed by atoms with E-state index in [-0.39, 0.29) is 18.7 Å². The van der Waals surface area contributed by atoms with Gasteiger partial charge in [-0.25, -0.2) is 9.07 Å². The summed E-state index contributed by atoms with van der Waals surface area (Å²) in [4.78, 5) is 12.3. The highest BCUT2D eigenvalue weighted by Gasteiger charge is 2.40. The molecule has 0 aliphatic rings. The summed E-state index contributed by atoms with van der Waals surface area (Å²) in [6.45, 7) is -0.0174. The van der Waals surface area contributed by atoms with Gasteiger partial charge in [0.15, 0.2) is 5.69 Å². The van der Waals surface area contributed by atoms with Crippen molar-refractivity contribution in [2.45, 2.75) is 19.0 Å². The highest BCUT2D eigenvalue weighted by molar-refractivity contribution is 5.95. The molecule has 0 aliphatic heterocycles. The maximum atomic E-state index is 13.7. The zero-order chi connectivity index (χ0) is 23.5. The largest absolute Gasteiger partial charge is 0.573 e. The maximum Gasteiger partial charge on any atom is 0.573 e. The molecule has 0 radical (unpaired) electrons. The van der Waals surface area contributed by atoms with Crippen LogP contribution in [0.2, 0.25) is 0 Å². The van der Waals surface area contributed by atoms with E-state index < -0.39 is 41.3 Å². The fourth-order valence-electron chi connectivity index (χ4n) is 2.84. The average Bonchev–Trinajstić information content (AvgIpc) is 3.15. The fourth-order valence-corrected chi connectivity index (χ4v) is 2.84. The molecule has 5 nitrogen and oxygen atoms in total. The van der Waals surface area contributed by atoms with Gasteiger partial charge in [-0.1, -0.05) is 12.1 Å². The molecule has 0 saturated carbocycles. The van der Waals surface area contributed by atoms with E-state index in [4.69, 9.17) is 0 Å². The van der Waals surface area contributed by atoms with Crippen LogP contribution in [0, 0.1) is 5.82 Å². The molecule has 2 aromatic carbocycles. The van der Waals surface area contributed by atoms with Crippen LogP contribution in [0.5, 0.6) is 5.75 Å². The van der Waals surface area contributed by atoms with E-state index in [0.717, 1.165) is 30.5 Å². The van der Waals surface area contributed by atoms with Gasteiger partial charge in [0.25, 0.3) is 5.91 Å². The van der Waals surface area contributed by atoms with Crippen LogP contribution >= 0.6 is 0 Å². The highest BCUT2D eigenvalue weighted by Crippen LogP contribution is 2.34. The molecule has 0 bridgehead atoms. The van der Waals surface area contributed by atoms with Gasteiger partial charge in [0.2, 0.25) is 0 Å². The Balaban J connectivity index is 1.79. The van der Waals surface area contributed by atoms with Crippen molar-refractivity contribution in [3.8, 4) is 11.4 Å². The van der Waals surface area contributed by atoms with Gasteiger partial charge in [-0.3, -0.25) is 4.79 Å². The number of carbonyl (C=O) groups excluding carboxylic acids is 1. The van der Waals surface area contributed by atoms with E-state index in [9.17, 15) is 35.5 Å². The molecule has 1 aromatic heterocycles. The number of benzene rings is 2. The lowest BCUT2D eigenvalue weighted by Crippen LogP contribution is -2.28. The molecule has 0 fully saturated rings. The van der Waals surface area contributed by atoms with E-state index in [0.29, 0.717) is 10.2 Å². The van der Waals surface area contributed by atoms with Crippen LogP contribution in [0.4, 0.5) is 30.7 Å². The predicted octanol–water partition coefficient (Wildman–Crippen LogP) is 4.90. The number of carbonyl (C=O) groups is 1. The summed E-state index contributed by atoms with van der Waals surface area (Å²) in [5.74, 6) is -2.11. The fraction of sp³-hybridized carbons (Fsp3) is 0.200. The Hall–Kier alpha value is -3.57. The van der Waals surface area contributed by atoms with Crippen LogP contribution in [0.3, 0.4) is 0 Å². The predicted molar refractivity (Wildman–Crippen MR) is 97.7 cm³/mol. The molecule has 1 heterocycles. The van der Waals surface area contributed by atoms with E-state index in [1.54, 1.807) is 0 Å². The number of nitrogens with zero attached hydrogens (tertiary/aromatic N) is 2. The third-order valence-corrected chi connectivity index (χ3v) is 4.21. The lowest BCUT2D eigenvalue weighted by atomic mass is 10.1. The van der Waals surface area contributed by atoms with Crippen molar-refractivity contribution in [2.75, 3.05) is 6.54 Å². The summed E-state index contributed by atoms with van der Waals surface area (Å²) in [7, 11) is 0. The van der Waals surface area contributed by atoms with Gasteiger partial charge in [0.05, 0.1) is 17.4 Å². The Morgan fingerprint density at radius 3 is 2.16 bits per heavy atom. The number of rotatable bonds is 6. The third kappa shape index (κ3) is 5.77. The Kier molecular flexibility index (Phi) is 6.42. The minimum atomic E-state index is -4.98. The summed E-state index contributed by atoms with van der Waals surface area (Å²) in [6, 6.07) is 8.93. The summed E-state index contributed by atoms with van der Waals surface area (Å²) >= 11 is 0. The summed E-state index contributed by atoms with van der Waals surface area (Å²) < 4.78 is 94.8. The first kappa shape index (κ1) is 23.1. The number of ether oxygens (including phenoxy) is 1. The number of alkyl halides is 6. The van der Waals surface area contributed by atoms with E-state index in [1.807, 2.05) is 0 Å². The van der Waals surface area contributed by atoms with Crippen molar-refractivity contribution in [3.63, 3.8) is 0 Å². The lowest BCUT2D eigenvalue weighted by Gasteiger charge is -2.14. The van der Waals surface area contributed by atoms with Crippen LogP contribution in [-0.4, -0.2) is 28.6 Å². The van der Waals surface area contributed by atoms with Gasteiger partial charge >= 0.3 is 12.5 Å². The van der Waals surface area contributed by atoms with Crippen LogP contribution in [-0.2, 0) is 12.6 Å². The molecule has 1 N–H and O–H groups in total. The molecular weight excluding hydrogens is 447 g/mol. The number of hydrogen-bond acceptors (Lipinski definition) is 3. The average molecular weight is 461 g/mol. The van der Waals surface area contributed by atoms with Crippen molar-refractivity contribution in [2.24, 2.45) is 0 Å². The topological polar surface area (TPSA) is 56.2 Å². The molecule has 32 heavy (non-hydrogen) atoms. The Bertz CT molecular complexity index is 1070. The minimum absolute atomic E-state index is 0.0174. The second kappa shape index (κ2) is 8.89. The molecule has 0 aliphatic carbocycles. The maximum absolute atomic E-state index is 13.7. The van der Waals surface area contributed by atoms with Gasteiger partial charge < -0.3 is 10.1 Å². The number of halogens is 7. The van der Waals surface area contributed by atoms with E-state index in [1.165, 1.54) is 24.3 Å². The van der Waals surface area contributed by atoms with Crippen molar-refractivity contribution in [3.05, 3.63) is 77.4 Å². The van der Waals surface area contributed by atoms with Crippen molar-refractivity contribution in [1.29, 1.82) is 0 Å². The smallest absolute Gasteiger partial charge is 0.406 e. The molecular formula is C20H14F7N3O2. The molecule has 12 heteroatoms. The van der Waals surface area contributed by atoms with Gasteiger partial charge in [0.1, 0.15) is 11.6 Å². The summed E-state index contributed by atoms with van der Waals surface area (Å²) in [5, 5.41) is 5.93. The molecule has 0 unspecified atom stereocenters. The zero-order valence-electron chi connectivity index (χ0n) is 16.0. The van der Waals surface area contributed by atoms with Crippen LogP contribution in [0.25, 0.3) is 5.69 Å². The second-order valence-corrected chi connectivity index (χ2v) is 6.49. The van der Waals surface area contributed by atoms with Crippen LogP contribution in [0.15, 0.2) is 54.7 Å². The quantitative estimate of drug-likeness (QED) is 0.532. The van der Waals surface area contributed by atoms with Gasteiger partial charge in [0, 0.05) is 6.54 Å². The number of nitrogens with one attached hydrogen (secondary N) is 1. The zero-order valence-corrected chi connectivity index (χ0v) is 16.0. The number of aromatic nitrogens is 2. The van der Waals surface area contributed by atoms with Crippen molar-refractivity contribution < 1.29 is 40.3 Å².